The first-order valence-electron chi connectivity index (χ1n) is 4.98. The summed E-state index contributed by atoms with van der Waals surface area (Å²) in [4.78, 5) is 12.8. The Hall–Kier alpha value is -0.570. The van der Waals surface area contributed by atoms with Crippen LogP contribution in [0.15, 0.2) is 0 Å². The molecule has 3 heteroatoms. The molecule has 1 aliphatic rings. The lowest BCUT2D eigenvalue weighted by molar-refractivity contribution is -0.143. The van der Waals surface area contributed by atoms with Crippen LogP contribution in [0, 0.1) is 5.92 Å². The molecule has 0 aromatic carbocycles. The van der Waals surface area contributed by atoms with Gasteiger partial charge >= 0.3 is 5.97 Å². The Morgan fingerprint density at radius 3 is 2.54 bits per heavy atom. The molecule has 1 saturated carbocycles. The second-order valence-electron chi connectivity index (χ2n) is 4.16. The predicted molar refractivity (Wildman–Crippen MR) is 51.7 cm³/mol. The molecule has 0 amide bonds. The number of nitrogens with zero attached hydrogens (tertiary/aromatic N) is 1. The number of rotatable bonds is 3. The molecular formula is C10H19NO2. The van der Waals surface area contributed by atoms with Gasteiger partial charge < -0.3 is 5.11 Å². The van der Waals surface area contributed by atoms with Gasteiger partial charge in [-0.25, -0.2) is 0 Å². The average molecular weight is 185 g/mol. The molecule has 0 spiro atoms. The third-order valence-corrected chi connectivity index (χ3v) is 3.31. The van der Waals surface area contributed by atoms with Gasteiger partial charge in [0.2, 0.25) is 0 Å². The number of carboxylic acids is 1. The lowest BCUT2D eigenvalue weighted by atomic mass is 10.0. The van der Waals surface area contributed by atoms with E-state index in [9.17, 15) is 4.79 Å². The monoisotopic (exact) mass is 185 g/mol. The van der Waals surface area contributed by atoms with E-state index in [1.165, 1.54) is 12.8 Å². The van der Waals surface area contributed by atoms with E-state index >= 15 is 0 Å². The molecule has 76 valence electrons. The van der Waals surface area contributed by atoms with Crippen molar-refractivity contribution < 1.29 is 9.90 Å². The average Bonchev–Trinajstić information content (AvgIpc) is 2.48. The number of aliphatic carboxylic acids is 1. The van der Waals surface area contributed by atoms with E-state index in [1.54, 1.807) is 6.92 Å². The minimum atomic E-state index is -0.721. The van der Waals surface area contributed by atoms with Crippen LogP contribution in [0.3, 0.4) is 0 Å². The first-order valence-corrected chi connectivity index (χ1v) is 4.98. The van der Waals surface area contributed by atoms with Gasteiger partial charge in [0, 0.05) is 6.04 Å². The molecule has 0 aliphatic heterocycles. The van der Waals surface area contributed by atoms with E-state index in [0.29, 0.717) is 12.0 Å². The minimum absolute atomic E-state index is 0.356. The van der Waals surface area contributed by atoms with Gasteiger partial charge in [-0.3, -0.25) is 9.69 Å². The highest BCUT2D eigenvalue weighted by molar-refractivity contribution is 5.72. The SMILES string of the molecule is CC1CCCC1N(C)C(C)C(=O)O. The molecule has 0 heterocycles. The number of likely N-dealkylation sites (N-methyl/N-ethyl adjacent to an activating group) is 1. The third kappa shape index (κ3) is 2.21. The third-order valence-electron chi connectivity index (χ3n) is 3.31. The second kappa shape index (κ2) is 4.09. The molecule has 1 aliphatic carbocycles. The Morgan fingerprint density at radius 2 is 2.15 bits per heavy atom. The van der Waals surface area contributed by atoms with Crippen molar-refractivity contribution in [1.29, 1.82) is 0 Å². The zero-order valence-electron chi connectivity index (χ0n) is 8.66. The van der Waals surface area contributed by atoms with Gasteiger partial charge in [0.05, 0.1) is 0 Å². The molecule has 0 aromatic heterocycles. The van der Waals surface area contributed by atoms with Gasteiger partial charge in [-0.15, -0.1) is 0 Å². The molecule has 0 bridgehead atoms. The van der Waals surface area contributed by atoms with Gasteiger partial charge in [-0.2, -0.15) is 0 Å². The number of carbonyl (C=O) groups is 1. The van der Waals surface area contributed by atoms with Crippen molar-refractivity contribution in [3.05, 3.63) is 0 Å². The van der Waals surface area contributed by atoms with Gasteiger partial charge in [0.1, 0.15) is 6.04 Å². The highest BCUT2D eigenvalue weighted by Gasteiger charge is 2.31. The maximum atomic E-state index is 10.8. The number of carboxylic acid groups (broad SMARTS) is 1. The Morgan fingerprint density at radius 1 is 1.54 bits per heavy atom. The molecular weight excluding hydrogens is 166 g/mol. The summed E-state index contributed by atoms with van der Waals surface area (Å²) >= 11 is 0. The standard InChI is InChI=1S/C10H19NO2/c1-7-5-4-6-9(7)11(3)8(2)10(12)13/h7-9H,4-6H2,1-3H3,(H,12,13). The summed E-state index contributed by atoms with van der Waals surface area (Å²) in [5, 5.41) is 8.86. The van der Waals surface area contributed by atoms with Crippen LogP contribution in [0.1, 0.15) is 33.1 Å². The van der Waals surface area contributed by atoms with Crippen molar-refractivity contribution >= 4 is 5.97 Å². The van der Waals surface area contributed by atoms with E-state index in [4.69, 9.17) is 5.11 Å². The zero-order chi connectivity index (χ0) is 10.0. The molecule has 3 unspecified atom stereocenters. The van der Waals surface area contributed by atoms with Gasteiger partial charge in [0.15, 0.2) is 0 Å². The Labute approximate surface area is 79.7 Å². The Bertz CT molecular complexity index is 193. The van der Waals surface area contributed by atoms with E-state index in [-0.39, 0.29) is 6.04 Å². The fourth-order valence-electron chi connectivity index (χ4n) is 2.19. The summed E-state index contributed by atoms with van der Waals surface area (Å²) in [7, 11) is 1.92. The maximum absolute atomic E-state index is 10.8. The molecule has 1 rings (SSSR count). The topological polar surface area (TPSA) is 40.5 Å². The van der Waals surface area contributed by atoms with Crippen molar-refractivity contribution in [3.8, 4) is 0 Å². The smallest absolute Gasteiger partial charge is 0.320 e. The van der Waals surface area contributed by atoms with Crippen LogP contribution in [0.2, 0.25) is 0 Å². The lowest BCUT2D eigenvalue weighted by Gasteiger charge is -2.30. The van der Waals surface area contributed by atoms with E-state index in [1.807, 2.05) is 11.9 Å². The van der Waals surface area contributed by atoms with Crippen LogP contribution in [0.5, 0.6) is 0 Å². The molecule has 1 fully saturated rings. The molecule has 3 nitrogen and oxygen atoms in total. The molecule has 1 N–H and O–H groups in total. The van der Waals surface area contributed by atoms with Crippen LogP contribution >= 0.6 is 0 Å². The summed E-state index contributed by atoms with van der Waals surface area (Å²) in [5.74, 6) is -0.0756. The van der Waals surface area contributed by atoms with Gasteiger partial charge in [-0.05, 0) is 32.7 Å². The minimum Gasteiger partial charge on any atom is -0.480 e. The quantitative estimate of drug-likeness (QED) is 0.725. The summed E-state index contributed by atoms with van der Waals surface area (Å²) in [6.07, 6.45) is 3.62. The van der Waals surface area contributed by atoms with Gasteiger partial charge in [-0.1, -0.05) is 13.3 Å². The highest BCUT2D eigenvalue weighted by atomic mass is 16.4. The Balaban J connectivity index is 2.55. The fraction of sp³-hybridized carbons (Fsp3) is 0.900. The fourth-order valence-corrected chi connectivity index (χ4v) is 2.19. The highest BCUT2D eigenvalue weighted by Crippen LogP contribution is 2.29. The molecule has 0 saturated heterocycles. The van der Waals surface area contributed by atoms with Crippen LogP contribution < -0.4 is 0 Å². The van der Waals surface area contributed by atoms with E-state index < -0.39 is 5.97 Å². The number of hydrogen-bond donors (Lipinski definition) is 1. The van der Waals surface area contributed by atoms with E-state index in [2.05, 4.69) is 6.92 Å². The summed E-state index contributed by atoms with van der Waals surface area (Å²) in [5.41, 5.74) is 0. The number of hydrogen-bond acceptors (Lipinski definition) is 2. The van der Waals surface area contributed by atoms with Crippen LogP contribution in [-0.4, -0.2) is 35.1 Å². The molecule has 0 aromatic rings. The summed E-state index contributed by atoms with van der Waals surface area (Å²) in [6.45, 7) is 3.97. The first kappa shape index (κ1) is 10.5. The largest absolute Gasteiger partial charge is 0.480 e. The normalized spacial score (nSPS) is 30.8. The van der Waals surface area contributed by atoms with Crippen molar-refractivity contribution in [3.63, 3.8) is 0 Å². The van der Waals surface area contributed by atoms with Crippen LogP contribution in [0.25, 0.3) is 0 Å². The maximum Gasteiger partial charge on any atom is 0.320 e. The summed E-state index contributed by atoms with van der Waals surface area (Å²) in [6, 6.07) is 0.108. The van der Waals surface area contributed by atoms with Crippen LogP contribution in [0.4, 0.5) is 0 Å². The Kier molecular flexibility index (Phi) is 3.31. The predicted octanol–water partition coefficient (Wildman–Crippen LogP) is 1.58. The first-order chi connectivity index (χ1) is 6.04. The lowest BCUT2D eigenvalue weighted by Crippen LogP contribution is -2.44. The van der Waals surface area contributed by atoms with E-state index in [0.717, 1.165) is 6.42 Å². The van der Waals surface area contributed by atoms with Gasteiger partial charge in [0.25, 0.3) is 0 Å². The summed E-state index contributed by atoms with van der Waals surface area (Å²) < 4.78 is 0. The second-order valence-corrected chi connectivity index (χ2v) is 4.16. The van der Waals surface area contributed by atoms with Crippen molar-refractivity contribution in [2.24, 2.45) is 5.92 Å². The van der Waals surface area contributed by atoms with Crippen molar-refractivity contribution in [2.75, 3.05) is 7.05 Å². The van der Waals surface area contributed by atoms with Crippen molar-refractivity contribution in [1.82, 2.24) is 4.90 Å². The van der Waals surface area contributed by atoms with Crippen LogP contribution in [-0.2, 0) is 4.79 Å². The van der Waals surface area contributed by atoms with Crippen molar-refractivity contribution in [2.45, 2.75) is 45.2 Å². The molecule has 13 heavy (non-hydrogen) atoms. The molecule has 0 radical (unpaired) electrons. The molecule has 3 atom stereocenters. The zero-order valence-corrected chi connectivity index (χ0v) is 8.66.